The van der Waals surface area contributed by atoms with Crippen molar-refractivity contribution < 1.29 is 36.7 Å². The predicted octanol–water partition coefficient (Wildman–Crippen LogP) is 3.96. The van der Waals surface area contributed by atoms with Crippen LogP contribution >= 0.6 is 11.6 Å². The summed E-state index contributed by atoms with van der Waals surface area (Å²) in [6.07, 6.45) is 0.0737. The number of hydrogen-bond donors (Lipinski definition) is 2. The molecule has 2 bridgehead atoms. The SMILES string of the molecule is CC1(c2cccc(F)c2NC=O)CC(C#N)N(C(=O)C2C3C4CC(CC4F)C3CN2C(=O)C(NC(=O)C(F)(F)Cl)C(C)(C)C)C1. The number of rotatable bonds is 7. The normalized spacial score (nSPS) is 33.0. The van der Waals surface area contributed by atoms with Gasteiger partial charge in [0.15, 0.2) is 0 Å². The van der Waals surface area contributed by atoms with E-state index in [9.17, 15) is 37.6 Å². The highest BCUT2D eigenvalue weighted by atomic mass is 35.5. The van der Waals surface area contributed by atoms with Gasteiger partial charge >= 0.3 is 11.3 Å². The Morgan fingerprint density at radius 2 is 1.87 bits per heavy atom. The maximum Gasteiger partial charge on any atom is 0.399 e. The second kappa shape index (κ2) is 11.4. The summed E-state index contributed by atoms with van der Waals surface area (Å²) in [7, 11) is 0. The smallest absolute Gasteiger partial charge is 0.337 e. The Balaban J connectivity index is 1.52. The van der Waals surface area contributed by atoms with E-state index >= 15 is 4.39 Å². The summed E-state index contributed by atoms with van der Waals surface area (Å²) in [5, 5.41) is 10.3. The molecule has 0 aromatic heterocycles. The first-order valence-corrected chi connectivity index (χ1v) is 15.3. The number of likely N-dealkylation sites (tertiary alicyclic amines) is 2. The minimum atomic E-state index is -4.28. The fourth-order valence-corrected chi connectivity index (χ4v) is 8.36. The molecule has 244 valence electrons. The van der Waals surface area contributed by atoms with Gasteiger partial charge in [0, 0.05) is 18.5 Å². The maximum absolute atomic E-state index is 15.2. The molecule has 14 heteroatoms. The van der Waals surface area contributed by atoms with Crippen molar-refractivity contribution in [1.82, 2.24) is 15.1 Å². The van der Waals surface area contributed by atoms with E-state index in [1.54, 1.807) is 33.8 Å². The number of alkyl halides is 4. The van der Waals surface area contributed by atoms with Crippen LogP contribution in [0.2, 0.25) is 0 Å². The molecule has 2 saturated heterocycles. The lowest BCUT2D eigenvalue weighted by molar-refractivity contribution is -0.150. The third-order valence-electron chi connectivity index (χ3n) is 10.3. The molecule has 5 rings (SSSR count). The zero-order valence-corrected chi connectivity index (χ0v) is 26.1. The number of nitrogens with one attached hydrogen (secondary N) is 2. The van der Waals surface area contributed by atoms with Gasteiger partial charge in [-0.2, -0.15) is 14.0 Å². The van der Waals surface area contributed by atoms with E-state index in [-0.39, 0.29) is 37.0 Å². The van der Waals surface area contributed by atoms with Gasteiger partial charge in [-0.1, -0.05) is 39.8 Å². The van der Waals surface area contributed by atoms with Gasteiger partial charge in [-0.3, -0.25) is 19.2 Å². The number of nitriles is 1. The first-order chi connectivity index (χ1) is 20.9. The third-order valence-corrected chi connectivity index (χ3v) is 10.5. The van der Waals surface area contributed by atoms with Crippen LogP contribution in [0.15, 0.2) is 18.2 Å². The average molecular weight is 654 g/mol. The van der Waals surface area contributed by atoms with Crippen LogP contribution in [0.25, 0.3) is 0 Å². The number of nitrogens with zero attached hydrogens (tertiary/aromatic N) is 3. The molecule has 2 aliphatic heterocycles. The lowest BCUT2D eigenvalue weighted by Crippen LogP contribution is -2.60. The number of benzene rings is 1. The number of carbonyl (C=O) groups excluding carboxylic acids is 4. The number of halogens is 5. The molecule has 9 nitrogen and oxygen atoms in total. The average Bonchev–Trinajstić information content (AvgIpc) is 3.70. The van der Waals surface area contributed by atoms with Crippen molar-refractivity contribution in [2.75, 3.05) is 18.4 Å². The van der Waals surface area contributed by atoms with E-state index in [1.807, 2.05) is 0 Å². The van der Waals surface area contributed by atoms with Crippen LogP contribution in [0.4, 0.5) is 23.2 Å². The minimum Gasteiger partial charge on any atom is -0.337 e. The second-order valence-corrected chi connectivity index (χ2v) is 14.6. The van der Waals surface area contributed by atoms with Gasteiger partial charge in [-0.25, -0.2) is 8.78 Å². The van der Waals surface area contributed by atoms with Gasteiger partial charge < -0.3 is 20.4 Å². The van der Waals surface area contributed by atoms with Gasteiger partial charge in [0.2, 0.25) is 18.2 Å². The molecular formula is C31H36ClF4N5O4. The predicted molar refractivity (Wildman–Crippen MR) is 155 cm³/mol. The van der Waals surface area contributed by atoms with E-state index in [0.717, 1.165) is 0 Å². The molecule has 4 amide bonds. The van der Waals surface area contributed by atoms with Crippen LogP contribution in [-0.2, 0) is 24.6 Å². The second-order valence-electron chi connectivity index (χ2n) is 14.2. The molecule has 1 aromatic rings. The lowest BCUT2D eigenvalue weighted by Gasteiger charge is -2.39. The molecule has 9 unspecified atom stereocenters. The van der Waals surface area contributed by atoms with E-state index in [4.69, 9.17) is 11.6 Å². The van der Waals surface area contributed by atoms with E-state index < -0.39 is 75.9 Å². The number of anilines is 1. The van der Waals surface area contributed by atoms with Crippen molar-refractivity contribution in [2.45, 2.75) is 82.1 Å². The highest BCUT2D eigenvalue weighted by molar-refractivity contribution is 6.32. The fraction of sp³-hybridized carbons (Fsp3) is 0.645. The van der Waals surface area contributed by atoms with Gasteiger partial charge in [0.25, 0.3) is 0 Å². The highest BCUT2D eigenvalue weighted by Gasteiger charge is 2.64. The molecule has 45 heavy (non-hydrogen) atoms. The fourth-order valence-electron chi connectivity index (χ4n) is 8.31. The Labute approximate surface area is 263 Å². The van der Waals surface area contributed by atoms with Crippen LogP contribution in [0.5, 0.6) is 0 Å². The van der Waals surface area contributed by atoms with Gasteiger partial charge in [0.1, 0.15) is 30.1 Å². The summed E-state index contributed by atoms with van der Waals surface area (Å²) < 4.78 is 57.3. The maximum atomic E-state index is 15.2. The largest absolute Gasteiger partial charge is 0.399 e. The molecule has 2 N–H and O–H groups in total. The number of carbonyl (C=O) groups is 4. The van der Waals surface area contributed by atoms with Crippen LogP contribution in [0, 0.1) is 46.2 Å². The summed E-state index contributed by atoms with van der Waals surface area (Å²) >= 11 is 4.95. The quantitative estimate of drug-likeness (QED) is 0.262. The Morgan fingerprint density at radius 1 is 1.18 bits per heavy atom. The zero-order valence-electron chi connectivity index (χ0n) is 25.3. The van der Waals surface area contributed by atoms with Crippen LogP contribution in [0.1, 0.15) is 52.5 Å². The van der Waals surface area contributed by atoms with Crippen molar-refractivity contribution in [3.8, 4) is 6.07 Å². The third kappa shape index (κ3) is 5.64. The van der Waals surface area contributed by atoms with Crippen molar-refractivity contribution in [3.63, 3.8) is 0 Å². The van der Waals surface area contributed by atoms with Crippen molar-refractivity contribution >= 4 is 41.4 Å². The Morgan fingerprint density at radius 3 is 2.47 bits per heavy atom. The van der Waals surface area contributed by atoms with Gasteiger partial charge in [-0.05, 0) is 71.6 Å². The summed E-state index contributed by atoms with van der Waals surface area (Å²) in [5.74, 6) is -5.34. The molecule has 2 saturated carbocycles. The molecular weight excluding hydrogens is 618 g/mol. The van der Waals surface area contributed by atoms with Gasteiger partial charge in [-0.15, -0.1) is 0 Å². The Bertz CT molecular complexity index is 1440. The van der Waals surface area contributed by atoms with E-state index in [1.165, 1.54) is 21.9 Å². The van der Waals surface area contributed by atoms with Crippen molar-refractivity contribution in [2.24, 2.45) is 29.1 Å². The topological polar surface area (TPSA) is 123 Å². The standard InChI is InChI=1S/C31H36ClF4N5O4/c1-29(2,3)25(39-28(45)31(32,35)36)27(44)40-12-18-15-8-17(21(34)9-15)22(18)24(40)26(43)41-13-30(4,10-16(41)11-37)19-6-5-7-20(33)23(19)38-14-42/h5-7,14-18,21-22,24-25H,8-10,12-13H2,1-4H3,(H,38,42)(H,39,45). The molecule has 0 radical (unpaired) electrons. The first-order valence-electron chi connectivity index (χ1n) is 14.9. The molecule has 1 aromatic carbocycles. The van der Waals surface area contributed by atoms with Crippen molar-refractivity contribution in [3.05, 3.63) is 29.6 Å². The molecule has 4 aliphatic rings. The molecule has 2 aliphatic carbocycles. The van der Waals surface area contributed by atoms with Crippen molar-refractivity contribution in [1.29, 1.82) is 5.26 Å². The zero-order chi connectivity index (χ0) is 33.2. The van der Waals surface area contributed by atoms with Crippen LogP contribution in [0.3, 0.4) is 0 Å². The minimum absolute atomic E-state index is 0.0626. The Hall–Kier alpha value is -3.40. The van der Waals surface area contributed by atoms with Crippen LogP contribution in [-0.4, -0.2) is 76.7 Å². The highest BCUT2D eigenvalue weighted by Crippen LogP contribution is 2.59. The summed E-state index contributed by atoms with van der Waals surface area (Å²) in [6.45, 7) is 6.44. The molecule has 2 heterocycles. The van der Waals surface area contributed by atoms with E-state index in [2.05, 4.69) is 16.7 Å². The number of fused-ring (bicyclic) bond motifs is 5. The Kier molecular flexibility index (Phi) is 8.38. The molecule has 0 spiro atoms. The number of para-hydroxylation sites is 1. The number of hydrogen-bond acceptors (Lipinski definition) is 5. The van der Waals surface area contributed by atoms with Gasteiger partial charge in [0.05, 0.1) is 11.8 Å². The van der Waals surface area contributed by atoms with Crippen LogP contribution < -0.4 is 10.6 Å². The monoisotopic (exact) mass is 653 g/mol. The molecule has 9 atom stereocenters. The summed E-state index contributed by atoms with van der Waals surface area (Å²) in [4.78, 5) is 54.9. The summed E-state index contributed by atoms with van der Waals surface area (Å²) in [5.41, 5.74) is -1.76. The summed E-state index contributed by atoms with van der Waals surface area (Å²) in [6, 6.07) is 2.66. The lowest BCUT2D eigenvalue weighted by atomic mass is 9.77. The van der Waals surface area contributed by atoms with E-state index in [0.29, 0.717) is 24.8 Å². The number of amides is 4. The first kappa shape index (κ1) is 33.0. The molecule has 4 fully saturated rings.